The van der Waals surface area contributed by atoms with Crippen LogP contribution in [0.1, 0.15) is 35.2 Å². The molecule has 5 aromatic rings. The van der Waals surface area contributed by atoms with Crippen LogP contribution in [0.4, 0.5) is 0 Å². The van der Waals surface area contributed by atoms with Crippen molar-refractivity contribution >= 4 is 52.3 Å². The first kappa shape index (κ1) is 30.8. The summed E-state index contributed by atoms with van der Waals surface area (Å²) in [6.07, 6.45) is 1.73. The number of carbonyl (C=O) groups is 1. The lowest BCUT2D eigenvalue weighted by Gasteiger charge is -2.26. The summed E-state index contributed by atoms with van der Waals surface area (Å²) in [7, 11) is 0. The number of halogens is 2. The van der Waals surface area contributed by atoms with Gasteiger partial charge in [0.15, 0.2) is 16.3 Å². The van der Waals surface area contributed by atoms with Crippen molar-refractivity contribution in [2.24, 2.45) is 4.99 Å². The van der Waals surface area contributed by atoms with Crippen molar-refractivity contribution < 1.29 is 23.7 Å². The second-order valence-electron chi connectivity index (χ2n) is 10.6. The quantitative estimate of drug-likeness (QED) is 0.172. The summed E-state index contributed by atoms with van der Waals surface area (Å²) in [6.45, 7) is 2.23. The summed E-state index contributed by atoms with van der Waals surface area (Å²) >= 11 is 13.8. The molecule has 0 bridgehead atoms. The molecule has 0 unspecified atom stereocenters. The van der Waals surface area contributed by atoms with E-state index in [9.17, 15) is 9.59 Å². The topological polar surface area (TPSA) is 88.4 Å². The van der Waals surface area contributed by atoms with Crippen LogP contribution in [-0.4, -0.2) is 23.9 Å². The van der Waals surface area contributed by atoms with E-state index in [1.165, 1.54) is 15.9 Å². The number of thiazole rings is 1. The number of carbonyl (C=O) groups excluding carboxylic acids is 1. The number of esters is 1. The van der Waals surface area contributed by atoms with Crippen molar-refractivity contribution in [3.8, 4) is 17.2 Å². The van der Waals surface area contributed by atoms with E-state index in [4.69, 9.17) is 47.1 Å². The number of nitrogens with zero attached hydrogens (tertiary/aromatic N) is 2. The summed E-state index contributed by atoms with van der Waals surface area (Å²) in [5, 5.41) is 1.09. The molecule has 11 heteroatoms. The maximum Gasteiger partial charge on any atom is 0.338 e. The number of rotatable bonds is 8. The van der Waals surface area contributed by atoms with Crippen LogP contribution in [0.25, 0.3) is 11.8 Å². The highest BCUT2D eigenvalue weighted by molar-refractivity contribution is 7.07. The molecule has 8 nitrogen and oxygen atoms in total. The Bertz CT molecular complexity index is 2230. The first-order valence-electron chi connectivity index (χ1n) is 14.7. The van der Waals surface area contributed by atoms with Gasteiger partial charge in [0.05, 0.1) is 28.5 Å². The minimum atomic E-state index is -0.866. The summed E-state index contributed by atoms with van der Waals surface area (Å²) in [4.78, 5) is 33.5. The zero-order valence-corrected chi connectivity index (χ0v) is 27.3. The van der Waals surface area contributed by atoms with E-state index in [1.807, 2.05) is 54.6 Å². The highest BCUT2D eigenvalue weighted by Gasteiger charge is 2.36. The fourth-order valence-electron chi connectivity index (χ4n) is 5.53. The van der Waals surface area contributed by atoms with Gasteiger partial charge in [-0.25, -0.2) is 9.79 Å². The SMILES string of the molecule is CCOC(=O)C1=C(c2ccccc2)N=c2s/c(=C\c3cc(Cl)ccc3OCc3cccc(Cl)c3)c(=O)n2[C@@H]1c1ccc2c(c1)OCO2. The lowest BCUT2D eigenvalue weighted by atomic mass is 9.93. The minimum absolute atomic E-state index is 0.0821. The molecule has 0 spiro atoms. The second kappa shape index (κ2) is 13.1. The molecule has 3 heterocycles. The summed E-state index contributed by atoms with van der Waals surface area (Å²) < 4.78 is 24.8. The molecule has 0 saturated carbocycles. The van der Waals surface area contributed by atoms with Crippen LogP contribution in [-0.2, 0) is 16.1 Å². The summed E-state index contributed by atoms with van der Waals surface area (Å²) in [5.74, 6) is 1.06. The van der Waals surface area contributed by atoms with Gasteiger partial charge in [-0.15, -0.1) is 0 Å². The Balaban J connectivity index is 1.41. The average Bonchev–Trinajstić information content (AvgIpc) is 3.67. The van der Waals surface area contributed by atoms with E-state index in [0.29, 0.717) is 59.0 Å². The molecular formula is C36H26Cl2N2O6S. The molecule has 2 aliphatic heterocycles. The standard InChI is InChI=1S/C36H26Cl2N2O6S/c1-2-43-35(42)31-32(22-8-4-3-5-9-22)39-36-40(33(31)23-11-13-28-29(17-23)46-20-45-28)34(41)30(47-36)18-24-16-26(38)12-14-27(24)44-19-21-7-6-10-25(37)15-21/h3-18,33H,2,19-20H2,1H3/b30-18-/t33-/m1/s1. The monoisotopic (exact) mass is 684 g/mol. The van der Waals surface area contributed by atoms with E-state index in [0.717, 1.165) is 5.56 Å². The van der Waals surface area contributed by atoms with E-state index >= 15 is 0 Å². The molecule has 0 amide bonds. The largest absolute Gasteiger partial charge is 0.488 e. The zero-order valence-electron chi connectivity index (χ0n) is 24.9. The van der Waals surface area contributed by atoms with Crippen molar-refractivity contribution in [2.45, 2.75) is 19.6 Å². The van der Waals surface area contributed by atoms with Crippen molar-refractivity contribution in [3.63, 3.8) is 0 Å². The first-order chi connectivity index (χ1) is 22.9. The number of benzene rings is 4. The Morgan fingerprint density at radius 1 is 0.979 bits per heavy atom. The van der Waals surface area contributed by atoms with Crippen LogP contribution < -0.4 is 29.1 Å². The molecule has 2 aliphatic rings. The fourth-order valence-corrected chi connectivity index (χ4v) is 6.92. The molecule has 0 N–H and O–H groups in total. The number of aromatic nitrogens is 1. The van der Waals surface area contributed by atoms with Crippen LogP contribution in [0.2, 0.25) is 10.0 Å². The highest BCUT2D eigenvalue weighted by atomic mass is 35.5. The molecule has 1 aromatic heterocycles. The maximum atomic E-state index is 14.4. The third-order valence-electron chi connectivity index (χ3n) is 7.63. The van der Waals surface area contributed by atoms with E-state index < -0.39 is 12.0 Å². The highest BCUT2D eigenvalue weighted by Crippen LogP contribution is 2.40. The average molecular weight is 686 g/mol. The van der Waals surface area contributed by atoms with Crippen molar-refractivity contribution in [1.82, 2.24) is 4.57 Å². The zero-order chi connectivity index (χ0) is 32.5. The molecule has 236 valence electrons. The first-order valence-corrected chi connectivity index (χ1v) is 16.3. The van der Waals surface area contributed by atoms with Gasteiger partial charge in [-0.05, 0) is 66.6 Å². The van der Waals surface area contributed by atoms with Gasteiger partial charge >= 0.3 is 5.97 Å². The predicted molar refractivity (Wildman–Crippen MR) is 181 cm³/mol. The van der Waals surface area contributed by atoms with E-state index in [1.54, 1.807) is 49.4 Å². The van der Waals surface area contributed by atoms with Crippen molar-refractivity contribution in [2.75, 3.05) is 13.4 Å². The van der Waals surface area contributed by atoms with Crippen LogP contribution >= 0.6 is 34.5 Å². The van der Waals surface area contributed by atoms with Gasteiger partial charge in [-0.2, -0.15) is 0 Å². The van der Waals surface area contributed by atoms with E-state index in [2.05, 4.69) is 0 Å². The van der Waals surface area contributed by atoms with Crippen LogP contribution in [0, 0.1) is 0 Å². The van der Waals surface area contributed by atoms with Gasteiger partial charge in [0, 0.05) is 21.2 Å². The predicted octanol–water partition coefficient (Wildman–Crippen LogP) is 6.55. The second-order valence-corrected chi connectivity index (χ2v) is 12.5. The molecule has 0 saturated heterocycles. The Morgan fingerprint density at radius 3 is 2.60 bits per heavy atom. The van der Waals surface area contributed by atoms with Crippen LogP contribution in [0.5, 0.6) is 17.2 Å². The normalized spacial score (nSPS) is 15.3. The molecule has 0 fully saturated rings. The molecule has 7 rings (SSSR count). The van der Waals surface area contributed by atoms with Crippen LogP contribution in [0.3, 0.4) is 0 Å². The number of hydrogen-bond donors (Lipinski definition) is 0. The molecule has 47 heavy (non-hydrogen) atoms. The Labute approximate surface area is 283 Å². The van der Waals surface area contributed by atoms with Gasteiger partial charge < -0.3 is 18.9 Å². The maximum absolute atomic E-state index is 14.4. The van der Waals surface area contributed by atoms with Crippen LogP contribution in [0.15, 0.2) is 106 Å². The summed E-state index contributed by atoms with van der Waals surface area (Å²) in [6, 6.07) is 26.5. The molecule has 4 aromatic carbocycles. The van der Waals surface area contributed by atoms with Gasteiger partial charge in [0.2, 0.25) is 6.79 Å². The van der Waals surface area contributed by atoms with Gasteiger partial charge in [-0.3, -0.25) is 9.36 Å². The Morgan fingerprint density at radius 2 is 1.79 bits per heavy atom. The van der Waals surface area contributed by atoms with Gasteiger partial charge in [0.25, 0.3) is 5.56 Å². The van der Waals surface area contributed by atoms with Crippen molar-refractivity contribution in [3.05, 3.63) is 149 Å². The Hall–Kier alpha value is -4.83. The lowest BCUT2D eigenvalue weighted by Crippen LogP contribution is -2.40. The lowest BCUT2D eigenvalue weighted by molar-refractivity contribution is -0.138. The summed E-state index contributed by atoms with van der Waals surface area (Å²) in [5.41, 5.74) is 3.17. The van der Waals surface area contributed by atoms with Gasteiger partial charge in [0.1, 0.15) is 12.4 Å². The smallest absolute Gasteiger partial charge is 0.338 e. The number of hydrogen-bond acceptors (Lipinski definition) is 8. The number of fused-ring (bicyclic) bond motifs is 2. The van der Waals surface area contributed by atoms with Gasteiger partial charge in [-0.1, -0.05) is 83.1 Å². The van der Waals surface area contributed by atoms with E-state index in [-0.39, 0.29) is 31.1 Å². The minimum Gasteiger partial charge on any atom is -0.488 e. The molecule has 0 aliphatic carbocycles. The fraction of sp³-hybridized carbons (Fsp3) is 0.139. The third-order valence-corrected chi connectivity index (χ3v) is 9.08. The van der Waals surface area contributed by atoms with Crippen molar-refractivity contribution in [1.29, 1.82) is 0 Å². The third kappa shape index (κ3) is 6.17. The Kier molecular flexibility index (Phi) is 8.60. The molecule has 1 atom stereocenters. The molecular weight excluding hydrogens is 659 g/mol. The number of ether oxygens (including phenoxy) is 4. The molecule has 0 radical (unpaired) electrons.